The van der Waals surface area contributed by atoms with Crippen molar-refractivity contribution in [1.29, 1.82) is 0 Å². The van der Waals surface area contributed by atoms with Gasteiger partial charge in [-0.15, -0.1) is 0 Å². The molecular weight excluding hydrogens is 276 g/mol. The zero-order chi connectivity index (χ0) is 14.5. The van der Waals surface area contributed by atoms with Crippen molar-refractivity contribution < 1.29 is 27.4 Å². The average molecular weight is 284 g/mol. The molecule has 0 saturated heterocycles. The first-order valence-electron chi connectivity index (χ1n) is 5.73. The lowest BCUT2D eigenvalue weighted by molar-refractivity contribution is -0.148. The first-order valence-corrected chi connectivity index (χ1v) is 5.73. The summed E-state index contributed by atoms with van der Waals surface area (Å²) in [5, 5.41) is 9.28. The lowest BCUT2D eigenvalue weighted by Crippen LogP contribution is -2.36. The molecule has 1 N–H and O–H groups in total. The van der Waals surface area contributed by atoms with E-state index in [9.17, 15) is 22.7 Å². The number of fused-ring (bicyclic) bond motifs is 1. The van der Waals surface area contributed by atoms with Crippen LogP contribution in [0.1, 0.15) is 17.2 Å². The third-order valence-corrected chi connectivity index (χ3v) is 3.09. The van der Waals surface area contributed by atoms with E-state index in [2.05, 4.69) is 0 Å². The molecule has 3 rings (SSSR count). The molecule has 1 aliphatic carbocycles. The summed E-state index contributed by atoms with van der Waals surface area (Å²) in [6, 6.07) is 6.43. The quantitative estimate of drug-likeness (QED) is 0.848. The number of ether oxygens (including phenoxy) is 1. The normalized spacial score (nSPS) is 19.1. The molecule has 20 heavy (non-hydrogen) atoms. The van der Waals surface area contributed by atoms with Crippen molar-refractivity contribution in [1.82, 2.24) is 0 Å². The summed E-state index contributed by atoms with van der Waals surface area (Å²) in [5.74, 6) is -5.64. The summed E-state index contributed by atoms with van der Waals surface area (Å²) < 4.78 is 58.3. The van der Waals surface area contributed by atoms with Crippen LogP contribution in [0, 0.1) is 11.6 Å². The van der Waals surface area contributed by atoms with Gasteiger partial charge in [-0.1, -0.05) is 12.1 Å². The van der Waals surface area contributed by atoms with E-state index in [0.717, 1.165) is 12.1 Å². The molecule has 0 amide bonds. The third-order valence-electron chi connectivity index (χ3n) is 3.09. The van der Waals surface area contributed by atoms with Gasteiger partial charge in [-0.3, -0.25) is 0 Å². The van der Waals surface area contributed by atoms with E-state index in [4.69, 9.17) is 4.74 Å². The highest BCUT2D eigenvalue weighted by molar-refractivity contribution is 5.54. The molecule has 6 heteroatoms. The van der Waals surface area contributed by atoms with E-state index in [1.54, 1.807) is 0 Å². The molecule has 1 aliphatic rings. The first-order chi connectivity index (χ1) is 9.39. The lowest BCUT2D eigenvalue weighted by Gasteiger charge is -2.36. The maximum atomic E-state index is 13.6. The van der Waals surface area contributed by atoms with Crippen molar-refractivity contribution in [2.45, 2.75) is 12.0 Å². The minimum atomic E-state index is -3.43. The standard InChI is InChI=1S/C14H8F4O2/c15-7-4-8(16)6-9(5-7)20-11-3-1-2-10-12(11)14(17,18)13(10)19/h1-6,13,19H. The van der Waals surface area contributed by atoms with Crippen LogP contribution in [0.15, 0.2) is 36.4 Å². The van der Waals surface area contributed by atoms with Gasteiger partial charge in [-0.2, -0.15) is 8.78 Å². The summed E-state index contributed by atoms with van der Waals surface area (Å²) in [7, 11) is 0. The minimum absolute atomic E-state index is 0.0457. The Balaban J connectivity index is 2.01. The van der Waals surface area contributed by atoms with Gasteiger partial charge in [0.05, 0.1) is 5.56 Å². The second-order valence-corrected chi connectivity index (χ2v) is 4.45. The minimum Gasteiger partial charge on any atom is -0.457 e. The zero-order valence-corrected chi connectivity index (χ0v) is 9.91. The van der Waals surface area contributed by atoms with E-state index in [1.165, 1.54) is 18.2 Å². The summed E-state index contributed by atoms with van der Waals surface area (Å²) >= 11 is 0. The van der Waals surface area contributed by atoms with Crippen molar-refractivity contribution in [3.05, 3.63) is 59.2 Å². The van der Waals surface area contributed by atoms with E-state index >= 15 is 0 Å². The van der Waals surface area contributed by atoms with Crippen molar-refractivity contribution in [2.24, 2.45) is 0 Å². The molecule has 0 bridgehead atoms. The van der Waals surface area contributed by atoms with Crippen molar-refractivity contribution in [2.75, 3.05) is 0 Å². The second kappa shape index (κ2) is 4.21. The highest BCUT2D eigenvalue weighted by Crippen LogP contribution is 2.56. The van der Waals surface area contributed by atoms with Crippen LogP contribution in [0.4, 0.5) is 17.6 Å². The van der Waals surface area contributed by atoms with Gasteiger partial charge in [-0.25, -0.2) is 8.78 Å². The van der Waals surface area contributed by atoms with Crippen LogP contribution in [0.25, 0.3) is 0 Å². The molecule has 1 atom stereocenters. The Morgan fingerprint density at radius 1 is 1.05 bits per heavy atom. The van der Waals surface area contributed by atoms with Crippen molar-refractivity contribution in [3.63, 3.8) is 0 Å². The summed E-state index contributed by atoms with van der Waals surface area (Å²) in [5.41, 5.74) is -0.415. The number of hydrogen-bond donors (Lipinski definition) is 1. The molecule has 1 unspecified atom stereocenters. The van der Waals surface area contributed by atoms with Crippen LogP contribution in [0.5, 0.6) is 11.5 Å². The lowest BCUT2D eigenvalue weighted by atomic mass is 9.80. The van der Waals surface area contributed by atoms with Gasteiger partial charge >= 0.3 is 5.92 Å². The maximum Gasteiger partial charge on any atom is 0.306 e. The Morgan fingerprint density at radius 3 is 2.35 bits per heavy atom. The number of aliphatic hydroxyl groups excluding tert-OH is 1. The van der Waals surface area contributed by atoms with Crippen molar-refractivity contribution in [3.8, 4) is 11.5 Å². The zero-order valence-electron chi connectivity index (χ0n) is 9.91. The van der Waals surface area contributed by atoms with Gasteiger partial charge < -0.3 is 9.84 Å². The Morgan fingerprint density at radius 2 is 1.70 bits per heavy atom. The molecule has 2 nitrogen and oxygen atoms in total. The first kappa shape index (κ1) is 12.9. The predicted molar refractivity (Wildman–Crippen MR) is 61.7 cm³/mol. The van der Waals surface area contributed by atoms with E-state index in [1.807, 2.05) is 0 Å². The smallest absolute Gasteiger partial charge is 0.306 e. The van der Waals surface area contributed by atoms with Gasteiger partial charge in [-0.05, 0) is 11.6 Å². The fourth-order valence-corrected chi connectivity index (χ4v) is 2.19. The van der Waals surface area contributed by atoms with E-state index in [0.29, 0.717) is 6.07 Å². The van der Waals surface area contributed by atoms with Crippen molar-refractivity contribution >= 4 is 0 Å². The number of halogens is 4. The maximum absolute atomic E-state index is 13.6. The summed E-state index contributed by atoms with van der Waals surface area (Å²) in [4.78, 5) is 0. The highest BCUT2D eigenvalue weighted by Gasteiger charge is 2.55. The molecule has 0 aromatic heterocycles. The molecule has 0 radical (unpaired) electrons. The SMILES string of the molecule is OC1c2cccc(Oc3cc(F)cc(F)c3)c2C1(F)F. The number of alkyl halides is 2. The number of rotatable bonds is 2. The summed E-state index contributed by atoms with van der Waals surface area (Å²) in [6.07, 6.45) is -1.88. The molecule has 2 aromatic rings. The van der Waals surface area contributed by atoms with Gasteiger partial charge in [0, 0.05) is 18.2 Å². The largest absolute Gasteiger partial charge is 0.457 e. The predicted octanol–water partition coefficient (Wildman–Crippen LogP) is 3.90. The number of benzene rings is 2. The Hall–Kier alpha value is -2.08. The molecule has 0 aliphatic heterocycles. The van der Waals surface area contributed by atoms with Crippen LogP contribution in [0.2, 0.25) is 0 Å². The number of hydrogen-bond acceptors (Lipinski definition) is 2. The van der Waals surface area contributed by atoms with Crippen LogP contribution >= 0.6 is 0 Å². The highest BCUT2D eigenvalue weighted by atomic mass is 19.3. The average Bonchev–Trinajstić information content (AvgIpc) is 2.36. The molecule has 104 valence electrons. The van der Waals surface area contributed by atoms with Crippen LogP contribution in [0.3, 0.4) is 0 Å². The fourth-order valence-electron chi connectivity index (χ4n) is 2.19. The molecular formula is C14H8F4O2. The van der Waals surface area contributed by atoms with Crippen LogP contribution in [-0.2, 0) is 5.92 Å². The molecule has 0 fully saturated rings. The van der Waals surface area contributed by atoms with E-state index < -0.39 is 29.2 Å². The van der Waals surface area contributed by atoms with Crippen LogP contribution in [-0.4, -0.2) is 5.11 Å². The second-order valence-electron chi connectivity index (χ2n) is 4.45. The molecule has 0 saturated carbocycles. The van der Waals surface area contributed by atoms with Crippen LogP contribution < -0.4 is 4.74 Å². The van der Waals surface area contributed by atoms with E-state index in [-0.39, 0.29) is 17.1 Å². The van der Waals surface area contributed by atoms with Gasteiger partial charge in [0.25, 0.3) is 0 Å². The molecule has 0 heterocycles. The van der Waals surface area contributed by atoms with Gasteiger partial charge in [0.1, 0.15) is 29.2 Å². The van der Waals surface area contributed by atoms with Gasteiger partial charge in [0.15, 0.2) is 0 Å². The van der Waals surface area contributed by atoms with Gasteiger partial charge in [0.2, 0.25) is 0 Å². The third kappa shape index (κ3) is 1.84. The molecule has 0 spiro atoms. The molecule has 2 aromatic carbocycles. The topological polar surface area (TPSA) is 29.5 Å². The summed E-state index contributed by atoms with van der Waals surface area (Å²) in [6.45, 7) is 0. The fraction of sp³-hybridized carbons (Fsp3) is 0.143. The monoisotopic (exact) mass is 284 g/mol. The Labute approximate surface area is 111 Å². The Kier molecular flexibility index (Phi) is 2.72. The number of aliphatic hydroxyl groups is 1. The Bertz CT molecular complexity index is 665.